The summed E-state index contributed by atoms with van der Waals surface area (Å²) < 4.78 is 5.49. The van der Waals surface area contributed by atoms with E-state index in [1.807, 2.05) is 7.11 Å². The van der Waals surface area contributed by atoms with Crippen molar-refractivity contribution < 1.29 is 4.74 Å². The number of likely N-dealkylation sites (N-methyl/N-ethyl adjacent to an activating group) is 1. The molecule has 1 atom stereocenters. The molecule has 0 saturated heterocycles. The van der Waals surface area contributed by atoms with Crippen LogP contribution in [0.5, 0.6) is 0 Å². The molecule has 2 fully saturated rings. The highest BCUT2D eigenvalue weighted by atomic mass is 16.5. The van der Waals surface area contributed by atoms with Crippen LogP contribution >= 0.6 is 0 Å². The van der Waals surface area contributed by atoms with Crippen LogP contribution in [0.4, 0.5) is 0 Å². The second-order valence-electron chi connectivity index (χ2n) is 5.92. The normalized spacial score (nSPS) is 26.1. The van der Waals surface area contributed by atoms with Gasteiger partial charge in [-0.1, -0.05) is 19.3 Å². The van der Waals surface area contributed by atoms with Gasteiger partial charge < -0.3 is 10.5 Å². The van der Waals surface area contributed by atoms with Crippen molar-refractivity contribution >= 4 is 0 Å². The number of hydrogen-bond acceptors (Lipinski definition) is 3. The molecule has 0 aromatic heterocycles. The molecule has 17 heavy (non-hydrogen) atoms. The lowest BCUT2D eigenvalue weighted by molar-refractivity contribution is -0.0181. The van der Waals surface area contributed by atoms with E-state index < -0.39 is 0 Å². The SMILES string of the molecule is COCC(CN)(C1CC1)N(C)C1CCCCC1. The van der Waals surface area contributed by atoms with Crippen molar-refractivity contribution in [3.05, 3.63) is 0 Å². The molecule has 0 spiro atoms. The maximum absolute atomic E-state index is 6.12. The smallest absolute Gasteiger partial charge is 0.0661 e. The van der Waals surface area contributed by atoms with Gasteiger partial charge >= 0.3 is 0 Å². The number of methoxy groups -OCH3 is 1. The first kappa shape index (κ1) is 13.3. The predicted molar refractivity (Wildman–Crippen MR) is 71.0 cm³/mol. The van der Waals surface area contributed by atoms with Gasteiger partial charge in [-0.05, 0) is 38.6 Å². The Labute approximate surface area is 106 Å². The summed E-state index contributed by atoms with van der Waals surface area (Å²) in [5.74, 6) is 0.763. The molecule has 3 heteroatoms. The van der Waals surface area contributed by atoms with Gasteiger partial charge in [0.15, 0.2) is 0 Å². The van der Waals surface area contributed by atoms with Crippen molar-refractivity contribution in [1.29, 1.82) is 0 Å². The Morgan fingerprint density at radius 2 is 1.82 bits per heavy atom. The predicted octanol–water partition coefficient (Wildman–Crippen LogP) is 2.00. The van der Waals surface area contributed by atoms with Gasteiger partial charge in [-0.25, -0.2) is 0 Å². The van der Waals surface area contributed by atoms with Gasteiger partial charge in [0, 0.05) is 19.7 Å². The minimum Gasteiger partial charge on any atom is -0.383 e. The first-order chi connectivity index (χ1) is 8.24. The Kier molecular flexibility index (Phi) is 4.45. The van der Waals surface area contributed by atoms with E-state index in [0.717, 1.165) is 25.1 Å². The quantitative estimate of drug-likeness (QED) is 0.772. The van der Waals surface area contributed by atoms with Crippen LogP contribution in [-0.4, -0.2) is 43.8 Å². The number of nitrogens with zero attached hydrogens (tertiary/aromatic N) is 1. The third kappa shape index (κ3) is 2.67. The summed E-state index contributed by atoms with van der Waals surface area (Å²) in [6.45, 7) is 1.53. The summed E-state index contributed by atoms with van der Waals surface area (Å²) in [7, 11) is 4.09. The summed E-state index contributed by atoms with van der Waals surface area (Å²) >= 11 is 0. The molecule has 0 radical (unpaired) electrons. The number of nitrogens with two attached hydrogens (primary N) is 1. The van der Waals surface area contributed by atoms with E-state index in [1.165, 1.54) is 44.9 Å². The molecule has 0 bridgehead atoms. The highest BCUT2D eigenvalue weighted by Gasteiger charge is 2.48. The van der Waals surface area contributed by atoms with Crippen LogP contribution in [0.2, 0.25) is 0 Å². The van der Waals surface area contributed by atoms with Crippen molar-refractivity contribution in [1.82, 2.24) is 4.90 Å². The topological polar surface area (TPSA) is 38.5 Å². The van der Waals surface area contributed by atoms with Crippen molar-refractivity contribution in [2.24, 2.45) is 11.7 Å². The van der Waals surface area contributed by atoms with Crippen molar-refractivity contribution in [2.45, 2.75) is 56.5 Å². The van der Waals surface area contributed by atoms with E-state index in [2.05, 4.69) is 11.9 Å². The van der Waals surface area contributed by atoms with Crippen molar-refractivity contribution in [3.63, 3.8) is 0 Å². The molecule has 2 aliphatic carbocycles. The second-order valence-corrected chi connectivity index (χ2v) is 5.92. The van der Waals surface area contributed by atoms with Crippen LogP contribution in [0.25, 0.3) is 0 Å². The maximum Gasteiger partial charge on any atom is 0.0661 e. The van der Waals surface area contributed by atoms with E-state index >= 15 is 0 Å². The first-order valence-corrected chi connectivity index (χ1v) is 7.16. The molecule has 0 heterocycles. The third-order valence-electron chi connectivity index (χ3n) is 4.91. The molecule has 0 aromatic carbocycles. The zero-order valence-electron chi connectivity index (χ0n) is 11.5. The molecule has 3 nitrogen and oxygen atoms in total. The van der Waals surface area contributed by atoms with Gasteiger partial charge in [-0.3, -0.25) is 4.90 Å². The molecule has 0 amide bonds. The molecular weight excluding hydrogens is 212 g/mol. The summed E-state index contributed by atoms with van der Waals surface area (Å²) in [6.07, 6.45) is 9.52. The lowest BCUT2D eigenvalue weighted by Gasteiger charge is -2.46. The molecule has 0 aromatic rings. The van der Waals surface area contributed by atoms with Crippen LogP contribution in [-0.2, 0) is 4.74 Å². The minimum absolute atomic E-state index is 0.108. The Morgan fingerprint density at radius 1 is 1.18 bits per heavy atom. The molecule has 2 N–H and O–H groups in total. The average molecular weight is 240 g/mol. The highest BCUT2D eigenvalue weighted by Crippen LogP contribution is 2.44. The molecule has 2 saturated carbocycles. The van der Waals surface area contributed by atoms with Gasteiger partial charge in [0.2, 0.25) is 0 Å². The van der Waals surface area contributed by atoms with Crippen molar-refractivity contribution in [2.75, 3.05) is 27.3 Å². The summed E-state index contributed by atoms with van der Waals surface area (Å²) in [4.78, 5) is 2.58. The lowest BCUT2D eigenvalue weighted by Crippen LogP contribution is -2.60. The fourth-order valence-electron chi connectivity index (χ4n) is 3.58. The second kappa shape index (κ2) is 5.68. The molecule has 2 aliphatic rings. The lowest BCUT2D eigenvalue weighted by atomic mass is 9.86. The van der Waals surface area contributed by atoms with Crippen LogP contribution in [0.1, 0.15) is 44.9 Å². The molecular formula is C14H28N2O. The standard InChI is InChI=1S/C14H28N2O/c1-16(13-6-4-3-5-7-13)14(10-15,11-17-2)12-8-9-12/h12-13H,3-11,15H2,1-2H3. The summed E-state index contributed by atoms with van der Waals surface area (Å²) in [6, 6.07) is 0.725. The van der Waals surface area contributed by atoms with E-state index in [9.17, 15) is 0 Å². The number of rotatable bonds is 6. The maximum atomic E-state index is 6.12. The Bertz CT molecular complexity index is 236. The first-order valence-electron chi connectivity index (χ1n) is 7.16. The zero-order chi connectivity index (χ0) is 12.3. The Balaban J connectivity index is 2.07. The van der Waals surface area contributed by atoms with Gasteiger partial charge in [-0.15, -0.1) is 0 Å². The zero-order valence-corrected chi connectivity index (χ0v) is 11.5. The van der Waals surface area contributed by atoms with Crippen LogP contribution in [0.3, 0.4) is 0 Å². The van der Waals surface area contributed by atoms with Crippen molar-refractivity contribution in [3.8, 4) is 0 Å². The Morgan fingerprint density at radius 3 is 2.29 bits per heavy atom. The molecule has 2 rings (SSSR count). The third-order valence-corrected chi connectivity index (χ3v) is 4.91. The minimum atomic E-state index is 0.108. The van der Waals surface area contributed by atoms with Gasteiger partial charge in [0.05, 0.1) is 12.1 Å². The monoisotopic (exact) mass is 240 g/mol. The Hall–Kier alpha value is -0.120. The van der Waals surface area contributed by atoms with E-state index in [1.54, 1.807) is 0 Å². The fraction of sp³-hybridized carbons (Fsp3) is 1.00. The van der Waals surface area contributed by atoms with Crippen LogP contribution in [0, 0.1) is 5.92 Å². The van der Waals surface area contributed by atoms with E-state index in [-0.39, 0.29) is 5.54 Å². The van der Waals surface area contributed by atoms with E-state index in [4.69, 9.17) is 10.5 Å². The van der Waals surface area contributed by atoms with Gasteiger partial charge in [0.1, 0.15) is 0 Å². The molecule has 1 unspecified atom stereocenters. The number of ether oxygens (including phenoxy) is 1. The fourth-order valence-corrected chi connectivity index (χ4v) is 3.58. The summed E-state index contributed by atoms with van der Waals surface area (Å²) in [5.41, 5.74) is 6.23. The van der Waals surface area contributed by atoms with Crippen LogP contribution in [0.15, 0.2) is 0 Å². The largest absolute Gasteiger partial charge is 0.383 e. The van der Waals surface area contributed by atoms with Crippen LogP contribution < -0.4 is 5.73 Å². The molecule has 0 aliphatic heterocycles. The molecule has 100 valence electrons. The van der Waals surface area contributed by atoms with E-state index in [0.29, 0.717) is 0 Å². The van der Waals surface area contributed by atoms with Gasteiger partial charge in [0.25, 0.3) is 0 Å². The van der Waals surface area contributed by atoms with Gasteiger partial charge in [-0.2, -0.15) is 0 Å². The summed E-state index contributed by atoms with van der Waals surface area (Å²) in [5, 5.41) is 0. The number of hydrogen-bond donors (Lipinski definition) is 1. The average Bonchev–Trinajstić information content (AvgIpc) is 3.21. The highest BCUT2D eigenvalue weighted by molar-refractivity contribution is 5.04.